The molecule has 0 unspecified atom stereocenters. The number of thiazole rings is 1. The predicted molar refractivity (Wildman–Crippen MR) is 100 cm³/mol. The summed E-state index contributed by atoms with van der Waals surface area (Å²) in [7, 11) is 1.46. The highest BCUT2D eigenvalue weighted by Crippen LogP contribution is 2.15. The fourth-order valence-corrected chi connectivity index (χ4v) is 2.65. The van der Waals surface area contributed by atoms with E-state index in [4.69, 9.17) is 4.74 Å². The third-order valence-corrected chi connectivity index (χ3v) is 4.11. The van der Waals surface area contributed by atoms with Crippen molar-refractivity contribution < 1.29 is 9.53 Å². The second-order valence-electron chi connectivity index (χ2n) is 5.26. The Morgan fingerprint density at radius 3 is 2.73 bits per heavy atom. The molecule has 7 nitrogen and oxygen atoms in total. The van der Waals surface area contributed by atoms with Crippen molar-refractivity contribution in [3.05, 3.63) is 74.4 Å². The normalized spacial score (nSPS) is 10.8. The van der Waals surface area contributed by atoms with Crippen LogP contribution in [0, 0.1) is 0 Å². The van der Waals surface area contributed by atoms with Gasteiger partial charge in [-0.15, -0.1) is 11.3 Å². The van der Waals surface area contributed by atoms with Gasteiger partial charge < -0.3 is 15.0 Å². The molecule has 2 heterocycles. The number of carbonyl (C=O) groups excluding carboxylic acids is 1. The lowest BCUT2D eigenvalue weighted by Crippen LogP contribution is -2.27. The molecule has 0 saturated carbocycles. The maximum atomic E-state index is 11.9. The number of hydrogen-bond acceptors (Lipinski definition) is 6. The number of carbonyl (C=O) groups is 1. The Morgan fingerprint density at radius 1 is 1.27 bits per heavy atom. The monoisotopic (exact) mass is 368 g/mol. The van der Waals surface area contributed by atoms with Crippen molar-refractivity contribution >= 4 is 29.4 Å². The summed E-state index contributed by atoms with van der Waals surface area (Å²) in [5.74, 6) is 0.644. The summed E-state index contributed by atoms with van der Waals surface area (Å²) < 4.78 is 5.65. The Labute approximate surface area is 153 Å². The van der Waals surface area contributed by atoms with E-state index >= 15 is 0 Å². The molecule has 1 aromatic carbocycles. The first-order valence-electron chi connectivity index (χ1n) is 7.75. The molecule has 0 atom stereocenters. The maximum absolute atomic E-state index is 11.9. The quantitative estimate of drug-likeness (QED) is 0.696. The van der Waals surface area contributed by atoms with E-state index in [0.29, 0.717) is 12.4 Å². The Balaban J connectivity index is 1.64. The highest BCUT2D eigenvalue weighted by molar-refractivity contribution is 7.07. The Bertz CT molecular complexity index is 963. The van der Waals surface area contributed by atoms with Gasteiger partial charge in [0, 0.05) is 18.6 Å². The van der Waals surface area contributed by atoms with E-state index < -0.39 is 11.5 Å². The smallest absolute Gasteiger partial charge is 0.263 e. The summed E-state index contributed by atoms with van der Waals surface area (Å²) >= 11 is 1.53. The van der Waals surface area contributed by atoms with Gasteiger partial charge in [0.2, 0.25) is 0 Å². The lowest BCUT2D eigenvalue weighted by atomic mass is 10.2. The number of nitrogens with one attached hydrogen (secondary N) is 2. The number of ether oxygens (including phenoxy) is 1. The molecular weight excluding hydrogens is 352 g/mol. The molecule has 0 aliphatic heterocycles. The standard InChI is InChI=1S/C18H16N4O3S/c1-19-17(23)15-8-20-16(22-18(15)24)7-4-12-2-5-14(6-3-12)25-9-13-10-26-11-21-13/h2-8,10-11H,9H2,1H3,(H,19,23)(H,20,22,24)/b7-4+. The zero-order valence-electron chi connectivity index (χ0n) is 13.9. The van der Waals surface area contributed by atoms with Gasteiger partial charge in [-0.3, -0.25) is 9.59 Å². The van der Waals surface area contributed by atoms with E-state index in [-0.39, 0.29) is 5.56 Å². The summed E-state index contributed by atoms with van der Waals surface area (Å²) in [6, 6.07) is 7.50. The van der Waals surface area contributed by atoms with Crippen LogP contribution >= 0.6 is 11.3 Å². The van der Waals surface area contributed by atoms with E-state index in [9.17, 15) is 9.59 Å². The second-order valence-corrected chi connectivity index (χ2v) is 5.98. The van der Waals surface area contributed by atoms with Crippen molar-refractivity contribution in [2.45, 2.75) is 6.61 Å². The summed E-state index contributed by atoms with van der Waals surface area (Å²) in [5.41, 5.74) is 3.08. The van der Waals surface area contributed by atoms with Crippen LogP contribution in [0.4, 0.5) is 0 Å². The number of aromatic nitrogens is 3. The topological polar surface area (TPSA) is 97.0 Å². The zero-order chi connectivity index (χ0) is 18.4. The summed E-state index contributed by atoms with van der Waals surface area (Å²) in [5, 5.41) is 4.34. The van der Waals surface area contributed by atoms with Gasteiger partial charge in [0.05, 0.1) is 11.2 Å². The average Bonchev–Trinajstić information content (AvgIpc) is 3.18. The largest absolute Gasteiger partial charge is 0.487 e. The fourth-order valence-electron chi connectivity index (χ4n) is 2.11. The number of H-pyrrole nitrogens is 1. The summed E-state index contributed by atoms with van der Waals surface area (Å²) in [6.07, 6.45) is 4.73. The molecule has 0 saturated heterocycles. The number of aromatic amines is 1. The first-order chi connectivity index (χ1) is 12.7. The van der Waals surface area contributed by atoms with Crippen LogP contribution in [0.15, 0.2) is 46.1 Å². The van der Waals surface area contributed by atoms with Gasteiger partial charge in [-0.2, -0.15) is 0 Å². The zero-order valence-corrected chi connectivity index (χ0v) is 14.7. The molecule has 8 heteroatoms. The molecule has 3 rings (SSSR count). The van der Waals surface area contributed by atoms with Crippen molar-refractivity contribution in [1.29, 1.82) is 0 Å². The van der Waals surface area contributed by atoms with Crippen LogP contribution in [-0.4, -0.2) is 27.9 Å². The highest BCUT2D eigenvalue weighted by Gasteiger charge is 2.08. The molecule has 0 fully saturated rings. The van der Waals surface area contributed by atoms with Crippen molar-refractivity contribution in [2.75, 3.05) is 7.05 Å². The van der Waals surface area contributed by atoms with Crippen molar-refractivity contribution in [3.8, 4) is 5.75 Å². The molecule has 0 radical (unpaired) electrons. The van der Waals surface area contributed by atoms with E-state index in [1.54, 1.807) is 11.6 Å². The molecule has 0 spiro atoms. The van der Waals surface area contributed by atoms with Crippen LogP contribution in [0.5, 0.6) is 5.75 Å². The molecule has 2 N–H and O–H groups in total. The fraction of sp³-hybridized carbons (Fsp3) is 0.111. The molecule has 26 heavy (non-hydrogen) atoms. The minimum absolute atomic E-state index is 0.0220. The Hall–Kier alpha value is -3.26. The molecule has 0 bridgehead atoms. The minimum Gasteiger partial charge on any atom is -0.487 e. The molecule has 0 aliphatic carbocycles. The van der Waals surface area contributed by atoms with E-state index in [1.807, 2.05) is 35.7 Å². The van der Waals surface area contributed by atoms with E-state index in [2.05, 4.69) is 20.3 Å². The van der Waals surface area contributed by atoms with Crippen molar-refractivity contribution in [2.24, 2.45) is 0 Å². The number of rotatable bonds is 6. The molecule has 2 aromatic heterocycles. The van der Waals surface area contributed by atoms with Gasteiger partial charge in [-0.1, -0.05) is 18.2 Å². The van der Waals surface area contributed by atoms with Crippen LogP contribution in [0.3, 0.4) is 0 Å². The molecule has 1 amide bonds. The number of hydrogen-bond donors (Lipinski definition) is 2. The van der Waals surface area contributed by atoms with Gasteiger partial charge in [0.15, 0.2) is 0 Å². The Kier molecular flexibility index (Phi) is 5.55. The Morgan fingerprint density at radius 2 is 2.08 bits per heavy atom. The number of amides is 1. The summed E-state index contributed by atoms with van der Waals surface area (Å²) in [4.78, 5) is 34.1. The van der Waals surface area contributed by atoms with Gasteiger partial charge in [-0.05, 0) is 23.8 Å². The SMILES string of the molecule is CNC(=O)c1cnc(/C=C/c2ccc(OCc3cscn3)cc2)[nH]c1=O. The van der Waals surface area contributed by atoms with Gasteiger partial charge in [-0.25, -0.2) is 9.97 Å². The van der Waals surface area contributed by atoms with Crippen LogP contribution in [0.1, 0.15) is 27.4 Å². The van der Waals surface area contributed by atoms with Gasteiger partial charge in [0.25, 0.3) is 11.5 Å². The molecule has 0 aliphatic rings. The maximum Gasteiger partial charge on any atom is 0.263 e. The molecule has 132 valence electrons. The third-order valence-electron chi connectivity index (χ3n) is 3.47. The van der Waals surface area contributed by atoms with E-state index in [0.717, 1.165) is 17.0 Å². The third kappa shape index (κ3) is 4.42. The summed E-state index contributed by atoms with van der Waals surface area (Å²) in [6.45, 7) is 0.432. The van der Waals surface area contributed by atoms with Crippen LogP contribution in [-0.2, 0) is 6.61 Å². The van der Waals surface area contributed by atoms with Crippen LogP contribution in [0.2, 0.25) is 0 Å². The van der Waals surface area contributed by atoms with E-state index in [1.165, 1.54) is 24.6 Å². The molecule has 3 aromatic rings. The van der Waals surface area contributed by atoms with Crippen molar-refractivity contribution in [1.82, 2.24) is 20.3 Å². The predicted octanol–water partition coefficient (Wildman–Crippen LogP) is 2.34. The van der Waals surface area contributed by atoms with Crippen LogP contribution < -0.4 is 15.6 Å². The molecular formula is C18H16N4O3S. The van der Waals surface area contributed by atoms with Gasteiger partial charge in [0.1, 0.15) is 23.7 Å². The van der Waals surface area contributed by atoms with Crippen molar-refractivity contribution in [3.63, 3.8) is 0 Å². The van der Waals surface area contributed by atoms with Crippen LogP contribution in [0.25, 0.3) is 12.2 Å². The lowest BCUT2D eigenvalue weighted by Gasteiger charge is -2.04. The highest BCUT2D eigenvalue weighted by atomic mass is 32.1. The number of nitrogens with zero attached hydrogens (tertiary/aromatic N) is 2. The number of benzene rings is 1. The minimum atomic E-state index is -0.482. The van der Waals surface area contributed by atoms with Gasteiger partial charge >= 0.3 is 0 Å². The average molecular weight is 368 g/mol. The lowest BCUT2D eigenvalue weighted by molar-refractivity contribution is 0.0961. The first-order valence-corrected chi connectivity index (χ1v) is 8.69. The first kappa shape index (κ1) is 17.6. The second kappa shape index (κ2) is 8.21.